The average molecular weight is 284 g/mol. The van der Waals surface area contributed by atoms with Gasteiger partial charge in [-0.3, -0.25) is 0 Å². The maximum atomic E-state index is 6.05. The molecule has 0 heterocycles. The smallest absolute Gasteiger partial charge is 0.123 e. The lowest BCUT2D eigenvalue weighted by molar-refractivity contribution is 0.130. The van der Waals surface area contributed by atoms with Crippen molar-refractivity contribution in [3.05, 3.63) is 28.8 Å². The number of rotatable bonds is 9. The highest BCUT2D eigenvalue weighted by Gasteiger charge is 2.20. The lowest BCUT2D eigenvalue weighted by Crippen LogP contribution is -2.16. The van der Waals surface area contributed by atoms with E-state index in [0.29, 0.717) is 12.6 Å². The van der Waals surface area contributed by atoms with Crippen LogP contribution in [0.4, 0.5) is 0 Å². The number of nitrogens with one attached hydrogen (secondary N) is 1. The standard InChI is InChI=1S/C15H22ClNO2/c1-2-18-8-3-9-19-15-7-4-13(16)10-12(15)11-17-14-5-6-14/h4,7,10,14,17H,2-3,5-6,8-9,11H2,1H3. The third-order valence-corrected chi connectivity index (χ3v) is 3.31. The summed E-state index contributed by atoms with van der Waals surface area (Å²) in [6.07, 6.45) is 3.47. The molecule has 0 atom stereocenters. The van der Waals surface area contributed by atoms with Crippen molar-refractivity contribution in [2.45, 2.75) is 38.8 Å². The molecule has 1 N–H and O–H groups in total. The Morgan fingerprint density at radius 2 is 2.16 bits per heavy atom. The van der Waals surface area contributed by atoms with Crippen LogP contribution >= 0.6 is 11.6 Å². The first-order valence-electron chi connectivity index (χ1n) is 7.02. The van der Waals surface area contributed by atoms with Crippen LogP contribution in [0.5, 0.6) is 5.75 Å². The quantitative estimate of drug-likeness (QED) is 0.705. The van der Waals surface area contributed by atoms with E-state index in [1.54, 1.807) is 0 Å². The lowest BCUT2D eigenvalue weighted by Gasteiger charge is -2.12. The Labute approximate surface area is 120 Å². The summed E-state index contributed by atoms with van der Waals surface area (Å²) in [5.41, 5.74) is 1.14. The summed E-state index contributed by atoms with van der Waals surface area (Å²) in [6, 6.07) is 6.49. The van der Waals surface area contributed by atoms with Gasteiger partial charge in [-0.25, -0.2) is 0 Å². The van der Waals surface area contributed by atoms with Crippen molar-refractivity contribution in [1.29, 1.82) is 0 Å². The van der Waals surface area contributed by atoms with E-state index in [1.807, 2.05) is 25.1 Å². The van der Waals surface area contributed by atoms with E-state index >= 15 is 0 Å². The minimum Gasteiger partial charge on any atom is -0.493 e. The van der Waals surface area contributed by atoms with Gasteiger partial charge in [0, 0.05) is 42.8 Å². The fourth-order valence-corrected chi connectivity index (χ4v) is 2.05. The zero-order chi connectivity index (χ0) is 13.5. The molecule has 0 radical (unpaired) electrons. The van der Waals surface area contributed by atoms with Crippen LogP contribution in [0.25, 0.3) is 0 Å². The van der Waals surface area contributed by atoms with E-state index in [2.05, 4.69) is 5.32 Å². The minimum atomic E-state index is 0.679. The highest BCUT2D eigenvalue weighted by molar-refractivity contribution is 6.30. The van der Waals surface area contributed by atoms with Gasteiger partial charge in [-0.05, 0) is 38.0 Å². The van der Waals surface area contributed by atoms with Crippen molar-refractivity contribution in [3.63, 3.8) is 0 Å². The molecule has 19 heavy (non-hydrogen) atoms. The Kier molecular flexibility index (Phi) is 5.95. The highest BCUT2D eigenvalue weighted by atomic mass is 35.5. The van der Waals surface area contributed by atoms with Crippen LogP contribution in [0.15, 0.2) is 18.2 Å². The molecule has 1 aromatic carbocycles. The number of halogens is 1. The zero-order valence-corrected chi connectivity index (χ0v) is 12.2. The highest BCUT2D eigenvalue weighted by Crippen LogP contribution is 2.25. The van der Waals surface area contributed by atoms with E-state index in [0.717, 1.165) is 42.5 Å². The molecular formula is C15H22ClNO2. The van der Waals surface area contributed by atoms with E-state index < -0.39 is 0 Å². The second-order valence-corrected chi connectivity index (χ2v) is 5.24. The first-order chi connectivity index (χ1) is 9.29. The number of hydrogen-bond donors (Lipinski definition) is 1. The monoisotopic (exact) mass is 283 g/mol. The molecule has 0 amide bonds. The summed E-state index contributed by atoms with van der Waals surface area (Å²) >= 11 is 6.05. The Bertz CT molecular complexity index is 394. The van der Waals surface area contributed by atoms with Gasteiger partial charge in [0.1, 0.15) is 5.75 Å². The SMILES string of the molecule is CCOCCCOc1ccc(Cl)cc1CNC1CC1. The van der Waals surface area contributed by atoms with Gasteiger partial charge in [0.25, 0.3) is 0 Å². The van der Waals surface area contributed by atoms with Gasteiger partial charge in [-0.1, -0.05) is 11.6 Å². The molecule has 106 valence electrons. The van der Waals surface area contributed by atoms with Crippen LogP contribution in [0.1, 0.15) is 31.7 Å². The van der Waals surface area contributed by atoms with Crippen LogP contribution < -0.4 is 10.1 Å². The topological polar surface area (TPSA) is 30.5 Å². The molecular weight excluding hydrogens is 262 g/mol. The molecule has 1 fully saturated rings. The van der Waals surface area contributed by atoms with Gasteiger partial charge in [-0.2, -0.15) is 0 Å². The van der Waals surface area contributed by atoms with Crippen molar-refractivity contribution in [3.8, 4) is 5.75 Å². The first-order valence-corrected chi connectivity index (χ1v) is 7.39. The maximum Gasteiger partial charge on any atom is 0.123 e. The molecule has 0 aromatic heterocycles. The Morgan fingerprint density at radius 3 is 2.89 bits per heavy atom. The molecule has 0 saturated heterocycles. The molecule has 3 nitrogen and oxygen atoms in total. The summed E-state index contributed by atoms with van der Waals surface area (Å²) in [5, 5.41) is 4.25. The largest absolute Gasteiger partial charge is 0.493 e. The Morgan fingerprint density at radius 1 is 1.32 bits per heavy atom. The second kappa shape index (κ2) is 7.73. The van der Waals surface area contributed by atoms with Gasteiger partial charge < -0.3 is 14.8 Å². The molecule has 1 saturated carbocycles. The summed E-state index contributed by atoms with van der Waals surface area (Å²) in [6.45, 7) is 5.02. The average Bonchev–Trinajstić information content (AvgIpc) is 3.22. The van der Waals surface area contributed by atoms with E-state index in [-0.39, 0.29) is 0 Å². The van der Waals surface area contributed by atoms with E-state index in [1.165, 1.54) is 12.8 Å². The second-order valence-electron chi connectivity index (χ2n) is 4.81. The normalized spacial score (nSPS) is 14.6. The third-order valence-electron chi connectivity index (χ3n) is 3.08. The van der Waals surface area contributed by atoms with Crippen molar-refractivity contribution in [2.24, 2.45) is 0 Å². The van der Waals surface area contributed by atoms with Crippen LogP contribution in [0, 0.1) is 0 Å². The Hall–Kier alpha value is -0.770. The minimum absolute atomic E-state index is 0.679. The molecule has 0 spiro atoms. The predicted octanol–water partition coefficient (Wildman–Crippen LogP) is 3.40. The number of hydrogen-bond acceptors (Lipinski definition) is 3. The number of ether oxygens (including phenoxy) is 2. The fraction of sp³-hybridized carbons (Fsp3) is 0.600. The van der Waals surface area contributed by atoms with Crippen LogP contribution in [-0.4, -0.2) is 25.9 Å². The fourth-order valence-electron chi connectivity index (χ4n) is 1.86. The van der Waals surface area contributed by atoms with Gasteiger partial charge in [0.05, 0.1) is 6.61 Å². The Balaban J connectivity index is 1.82. The molecule has 0 bridgehead atoms. The van der Waals surface area contributed by atoms with Crippen molar-refractivity contribution in [1.82, 2.24) is 5.32 Å². The van der Waals surface area contributed by atoms with Gasteiger partial charge in [0.2, 0.25) is 0 Å². The van der Waals surface area contributed by atoms with Gasteiger partial charge >= 0.3 is 0 Å². The molecule has 1 aliphatic carbocycles. The van der Waals surface area contributed by atoms with Crippen molar-refractivity contribution >= 4 is 11.6 Å². The van der Waals surface area contributed by atoms with Crippen LogP contribution in [0.3, 0.4) is 0 Å². The summed E-state index contributed by atoms with van der Waals surface area (Å²) in [5.74, 6) is 0.925. The zero-order valence-electron chi connectivity index (χ0n) is 11.5. The van der Waals surface area contributed by atoms with Gasteiger partial charge in [0.15, 0.2) is 0 Å². The summed E-state index contributed by atoms with van der Waals surface area (Å²) in [7, 11) is 0. The van der Waals surface area contributed by atoms with E-state index in [9.17, 15) is 0 Å². The molecule has 2 rings (SSSR count). The molecule has 4 heteroatoms. The van der Waals surface area contributed by atoms with Crippen molar-refractivity contribution < 1.29 is 9.47 Å². The maximum absolute atomic E-state index is 6.05. The van der Waals surface area contributed by atoms with E-state index in [4.69, 9.17) is 21.1 Å². The molecule has 0 aliphatic heterocycles. The third kappa shape index (κ3) is 5.39. The predicted molar refractivity (Wildman–Crippen MR) is 77.9 cm³/mol. The molecule has 1 aromatic rings. The number of benzene rings is 1. The van der Waals surface area contributed by atoms with Crippen LogP contribution in [0.2, 0.25) is 5.02 Å². The lowest BCUT2D eigenvalue weighted by atomic mass is 10.2. The summed E-state index contributed by atoms with van der Waals surface area (Å²) < 4.78 is 11.1. The molecule has 0 unspecified atom stereocenters. The van der Waals surface area contributed by atoms with Crippen LogP contribution in [-0.2, 0) is 11.3 Å². The molecule has 1 aliphatic rings. The van der Waals surface area contributed by atoms with Gasteiger partial charge in [-0.15, -0.1) is 0 Å². The summed E-state index contributed by atoms with van der Waals surface area (Å²) in [4.78, 5) is 0. The van der Waals surface area contributed by atoms with Crippen molar-refractivity contribution in [2.75, 3.05) is 19.8 Å². The first kappa shape index (κ1) is 14.6.